The largest absolute Gasteiger partial charge is 0.456 e. The van der Waals surface area contributed by atoms with Gasteiger partial charge in [0, 0.05) is 0 Å². The van der Waals surface area contributed by atoms with Gasteiger partial charge in [0.25, 0.3) is 11.8 Å². The van der Waals surface area contributed by atoms with Crippen LogP contribution in [-0.4, -0.2) is 22.8 Å². The van der Waals surface area contributed by atoms with Gasteiger partial charge in [-0.2, -0.15) is 0 Å². The van der Waals surface area contributed by atoms with Gasteiger partial charge in [0.05, 0.1) is 11.1 Å². The summed E-state index contributed by atoms with van der Waals surface area (Å²) in [5.41, 5.74) is 1.50. The van der Waals surface area contributed by atoms with Crippen molar-refractivity contribution in [2.24, 2.45) is 0 Å². The third-order valence-corrected chi connectivity index (χ3v) is 4.26. The van der Waals surface area contributed by atoms with E-state index in [1.807, 2.05) is 25.1 Å². The Labute approximate surface area is 160 Å². The Balaban J connectivity index is 1.58. The van der Waals surface area contributed by atoms with E-state index in [1.165, 1.54) is 18.2 Å². The zero-order valence-electron chi connectivity index (χ0n) is 14.9. The van der Waals surface area contributed by atoms with E-state index in [-0.39, 0.29) is 22.4 Å². The van der Waals surface area contributed by atoms with Crippen molar-refractivity contribution >= 4 is 17.8 Å². The number of para-hydroxylation sites is 1. The molecule has 0 aromatic heterocycles. The molecule has 4 rings (SSSR count). The Morgan fingerprint density at radius 2 is 1.46 bits per heavy atom. The number of rotatable bonds is 4. The van der Waals surface area contributed by atoms with Crippen molar-refractivity contribution in [2.45, 2.75) is 6.92 Å². The van der Waals surface area contributed by atoms with Gasteiger partial charge in [0.2, 0.25) is 0 Å². The summed E-state index contributed by atoms with van der Waals surface area (Å²) in [7, 11) is 0. The lowest BCUT2D eigenvalue weighted by molar-refractivity contribution is -0.0586. The summed E-state index contributed by atoms with van der Waals surface area (Å²) in [6.07, 6.45) is 0. The molecule has 3 aromatic rings. The Morgan fingerprint density at radius 1 is 0.821 bits per heavy atom. The molecule has 0 saturated heterocycles. The Kier molecular flexibility index (Phi) is 4.37. The first kappa shape index (κ1) is 17.5. The van der Waals surface area contributed by atoms with Gasteiger partial charge in [0.15, 0.2) is 0 Å². The van der Waals surface area contributed by atoms with E-state index in [9.17, 15) is 14.4 Å². The topological polar surface area (TPSA) is 72.9 Å². The standard InChI is InChI=1S/C22H15NO5/c1-14-7-6-8-15(13-14)27-19-12-5-4-11-18(19)22(26)28-23-20(24)16-9-2-3-10-17(16)21(23)25/h2-13H,1H3. The molecule has 0 aliphatic carbocycles. The lowest BCUT2D eigenvalue weighted by atomic mass is 10.1. The number of fused-ring (bicyclic) bond motifs is 1. The smallest absolute Gasteiger partial charge is 0.367 e. The van der Waals surface area contributed by atoms with E-state index in [2.05, 4.69) is 0 Å². The van der Waals surface area contributed by atoms with E-state index in [0.717, 1.165) is 5.56 Å². The minimum Gasteiger partial charge on any atom is -0.456 e. The third-order valence-electron chi connectivity index (χ3n) is 4.26. The highest BCUT2D eigenvalue weighted by Gasteiger charge is 2.39. The number of hydrogen-bond donors (Lipinski definition) is 0. The van der Waals surface area contributed by atoms with Crippen LogP contribution in [-0.2, 0) is 4.84 Å². The highest BCUT2D eigenvalue weighted by atomic mass is 16.7. The van der Waals surface area contributed by atoms with E-state index in [1.54, 1.807) is 36.4 Å². The average Bonchev–Trinajstić information content (AvgIpc) is 2.94. The number of hydroxylamine groups is 2. The van der Waals surface area contributed by atoms with Gasteiger partial charge in [0.1, 0.15) is 17.1 Å². The van der Waals surface area contributed by atoms with E-state index in [4.69, 9.17) is 9.57 Å². The molecule has 2 amide bonds. The fraction of sp³-hybridized carbons (Fsp3) is 0.0455. The lowest BCUT2D eigenvalue weighted by Crippen LogP contribution is -2.32. The number of carbonyl (C=O) groups is 3. The first-order chi connectivity index (χ1) is 13.5. The minimum absolute atomic E-state index is 0.0977. The van der Waals surface area contributed by atoms with Gasteiger partial charge in [-0.3, -0.25) is 9.59 Å². The summed E-state index contributed by atoms with van der Waals surface area (Å²) in [6.45, 7) is 1.93. The van der Waals surface area contributed by atoms with Gasteiger partial charge >= 0.3 is 5.97 Å². The fourth-order valence-corrected chi connectivity index (χ4v) is 2.91. The van der Waals surface area contributed by atoms with E-state index >= 15 is 0 Å². The van der Waals surface area contributed by atoms with Crippen LogP contribution in [0.4, 0.5) is 0 Å². The summed E-state index contributed by atoms with van der Waals surface area (Å²) in [4.78, 5) is 42.6. The van der Waals surface area contributed by atoms with E-state index in [0.29, 0.717) is 10.8 Å². The second-order valence-corrected chi connectivity index (χ2v) is 6.24. The van der Waals surface area contributed by atoms with Crippen LogP contribution < -0.4 is 4.74 Å². The van der Waals surface area contributed by atoms with Crippen LogP contribution in [0.3, 0.4) is 0 Å². The Hall–Kier alpha value is -3.93. The number of carbonyl (C=O) groups excluding carboxylic acids is 3. The van der Waals surface area contributed by atoms with Crippen molar-refractivity contribution in [3.8, 4) is 11.5 Å². The normalized spacial score (nSPS) is 12.7. The number of amides is 2. The number of hydrogen-bond acceptors (Lipinski definition) is 5. The van der Waals surface area contributed by atoms with Crippen molar-refractivity contribution in [3.63, 3.8) is 0 Å². The number of aryl methyl sites for hydroxylation is 1. The summed E-state index contributed by atoms with van der Waals surface area (Å²) in [5, 5.41) is 0.483. The van der Waals surface area contributed by atoms with Crippen LogP contribution in [0.25, 0.3) is 0 Å². The van der Waals surface area contributed by atoms with Gasteiger partial charge in [-0.1, -0.05) is 41.5 Å². The predicted octanol–water partition coefficient (Wildman–Crippen LogP) is 4.16. The number of benzene rings is 3. The minimum atomic E-state index is -0.863. The van der Waals surface area contributed by atoms with Gasteiger partial charge in [-0.15, -0.1) is 0 Å². The first-order valence-corrected chi connectivity index (χ1v) is 8.58. The molecular weight excluding hydrogens is 358 g/mol. The highest BCUT2D eigenvalue weighted by molar-refractivity contribution is 6.21. The van der Waals surface area contributed by atoms with Crippen molar-refractivity contribution in [1.82, 2.24) is 5.06 Å². The summed E-state index contributed by atoms with van der Waals surface area (Å²) < 4.78 is 5.80. The summed E-state index contributed by atoms with van der Waals surface area (Å²) >= 11 is 0. The Morgan fingerprint density at radius 3 is 2.14 bits per heavy atom. The molecule has 0 bridgehead atoms. The molecule has 1 heterocycles. The highest BCUT2D eigenvalue weighted by Crippen LogP contribution is 2.28. The van der Waals surface area contributed by atoms with Crippen LogP contribution in [0.15, 0.2) is 72.8 Å². The molecule has 0 spiro atoms. The maximum Gasteiger partial charge on any atom is 0.367 e. The summed E-state index contributed by atoms with van der Waals surface area (Å²) in [5.74, 6) is -1.40. The molecule has 0 unspecified atom stereocenters. The molecule has 1 aliphatic rings. The molecule has 0 radical (unpaired) electrons. The zero-order chi connectivity index (χ0) is 19.7. The van der Waals surface area contributed by atoms with Crippen molar-refractivity contribution in [2.75, 3.05) is 0 Å². The van der Waals surface area contributed by atoms with Crippen LogP contribution in [0, 0.1) is 6.92 Å². The predicted molar refractivity (Wildman–Crippen MR) is 100 cm³/mol. The van der Waals surface area contributed by atoms with Crippen LogP contribution >= 0.6 is 0 Å². The Bertz CT molecular complexity index is 1070. The molecule has 28 heavy (non-hydrogen) atoms. The van der Waals surface area contributed by atoms with Gasteiger partial charge in [-0.25, -0.2) is 4.79 Å². The second kappa shape index (κ2) is 7.00. The average molecular weight is 373 g/mol. The second-order valence-electron chi connectivity index (χ2n) is 6.24. The third kappa shape index (κ3) is 3.12. The molecule has 138 valence electrons. The number of ether oxygens (including phenoxy) is 1. The molecule has 3 aromatic carbocycles. The molecule has 0 saturated carbocycles. The molecular formula is C22H15NO5. The maximum atomic E-state index is 12.7. The number of imide groups is 1. The van der Waals surface area contributed by atoms with Crippen molar-refractivity contribution < 1.29 is 24.0 Å². The molecule has 0 atom stereocenters. The number of nitrogens with zero attached hydrogens (tertiary/aromatic N) is 1. The zero-order valence-corrected chi connectivity index (χ0v) is 14.9. The lowest BCUT2D eigenvalue weighted by Gasteiger charge is -2.15. The monoisotopic (exact) mass is 373 g/mol. The summed E-state index contributed by atoms with van der Waals surface area (Å²) in [6, 6.07) is 20.1. The van der Waals surface area contributed by atoms with Crippen molar-refractivity contribution in [3.05, 3.63) is 95.1 Å². The molecule has 6 heteroatoms. The fourth-order valence-electron chi connectivity index (χ4n) is 2.91. The van der Waals surface area contributed by atoms with Gasteiger partial charge < -0.3 is 9.57 Å². The molecule has 6 nitrogen and oxygen atoms in total. The quantitative estimate of drug-likeness (QED) is 0.642. The van der Waals surface area contributed by atoms with Crippen LogP contribution in [0.2, 0.25) is 0 Å². The maximum absolute atomic E-state index is 12.7. The van der Waals surface area contributed by atoms with Crippen LogP contribution in [0.1, 0.15) is 36.6 Å². The SMILES string of the molecule is Cc1cccc(Oc2ccccc2C(=O)ON2C(=O)c3ccccc3C2=O)c1. The van der Waals surface area contributed by atoms with E-state index < -0.39 is 17.8 Å². The first-order valence-electron chi connectivity index (χ1n) is 8.58. The van der Waals surface area contributed by atoms with Crippen LogP contribution in [0.5, 0.6) is 11.5 Å². The molecule has 1 aliphatic heterocycles. The van der Waals surface area contributed by atoms with Crippen molar-refractivity contribution in [1.29, 1.82) is 0 Å². The van der Waals surface area contributed by atoms with Gasteiger partial charge in [-0.05, 0) is 48.9 Å². The molecule has 0 N–H and O–H groups in total. The molecule has 0 fully saturated rings.